The number of hydrogen-bond acceptors (Lipinski definition) is 6. The minimum Gasteiger partial charge on any atom is -0.462 e. The number of carbonyl (C=O) groups excluding carboxylic acids is 3. The van der Waals surface area contributed by atoms with Crippen molar-refractivity contribution in [1.29, 1.82) is 0 Å². The van der Waals surface area contributed by atoms with E-state index in [1.54, 1.807) is 0 Å². The lowest BCUT2D eigenvalue weighted by Gasteiger charge is -2.18. The second kappa shape index (κ2) is 44.0. The van der Waals surface area contributed by atoms with Crippen molar-refractivity contribution in [3.05, 3.63) is 97.2 Å². The van der Waals surface area contributed by atoms with Crippen molar-refractivity contribution < 1.29 is 28.6 Å². The van der Waals surface area contributed by atoms with Crippen LogP contribution < -0.4 is 0 Å². The molecule has 0 amide bonds. The van der Waals surface area contributed by atoms with Crippen LogP contribution in [-0.2, 0) is 28.6 Å². The summed E-state index contributed by atoms with van der Waals surface area (Å²) in [5.41, 5.74) is 0. The maximum Gasteiger partial charge on any atom is 0.306 e. The van der Waals surface area contributed by atoms with E-state index in [9.17, 15) is 14.4 Å². The Balaban J connectivity index is 4.51. The smallest absolute Gasteiger partial charge is 0.306 e. The number of ether oxygens (including phenoxy) is 3. The van der Waals surface area contributed by atoms with Crippen LogP contribution in [0.15, 0.2) is 97.2 Å². The van der Waals surface area contributed by atoms with E-state index in [-0.39, 0.29) is 31.1 Å². The van der Waals surface area contributed by atoms with Crippen LogP contribution >= 0.6 is 0 Å². The van der Waals surface area contributed by atoms with Gasteiger partial charge < -0.3 is 14.2 Å². The average molecular weight is 777 g/mol. The van der Waals surface area contributed by atoms with Crippen LogP contribution in [0.25, 0.3) is 0 Å². The summed E-state index contributed by atoms with van der Waals surface area (Å²) in [5, 5.41) is 0. The summed E-state index contributed by atoms with van der Waals surface area (Å²) < 4.78 is 16.6. The zero-order valence-electron chi connectivity index (χ0n) is 35.9. The normalized spacial score (nSPS) is 13.0. The van der Waals surface area contributed by atoms with Crippen molar-refractivity contribution in [2.45, 2.75) is 187 Å². The SMILES string of the molecule is CC\C=C/C=C\C=C/C=C\C=C\C=C/CCCCCC(=O)OCC(COC(=O)CCC/C=C\CCCCCC)OC(=O)CCCCCCC/C=C\CCCCC. The summed E-state index contributed by atoms with van der Waals surface area (Å²) in [5.74, 6) is -1.01. The molecule has 0 spiro atoms. The van der Waals surface area contributed by atoms with E-state index in [2.05, 4.69) is 57.2 Å². The highest BCUT2D eigenvalue weighted by Gasteiger charge is 2.19. The first-order chi connectivity index (χ1) is 27.5. The topological polar surface area (TPSA) is 78.9 Å². The van der Waals surface area contributed by atoms with Gasteiger partial charge in [0.25, 0.3) is 0 Å². The lowest BCUT2D eigenvalue weighted by Crippen LogP contribution is -2.30. The monoisotopic (exact) mass is 777 g/mol. The van der Waals surface area contributed by atoms with E-state index in [1.165, 1.54) is 57.8 Å². The van der Waals surface area contributed by atoms with E-state index < -0.39 is 6.10 Å². The standard InChI is InChI=1S/C50H80O6/c1-4-7-10-13-16-19-21-23-24-25-26-27-29-31-34-37-40-43-49(52)55-46-47(45-54-48(51)42-39-36-33-30-18-15-12-9-6-3)56-50(53)44-41-38-35-32-28-22-20-17-14-11-8-5-2/h7,10,13,16-17,19-21,23-27,29-30,33,47H,4-6,8-9,11-12,14-15,18,22,28,31-32,34-46H2,1-3H3/b10-7-,16-13-,20-17-,21-19-,24-23-,26-25+,29-27-,33-30-. The first-order valence-electron chi connectivity index (χ1n) is 22.3. The summed E-state index contributed by atoms with van der Waals surface area (Å²) in [6.07, 6.45) is 56.8. The van der Waals surface area contributed by atoms with Gasteiger partial charge in [-0.2, -0.15) is 0 Å². The first-order valence-corrected chi connectivity index (χ1v) is 22.3. The summed E-state index contributed by atoms with van der Waals surface area (Å²) in [7, 11) is 0. The molecule has 0 fully saturated rings. The molecule has 6 nitrogen and oxygen atoms in total. The third kappa shape index (κ3) is 41.5. The molecule has 0 bridgehead atoms. The molecule has 0 aliphatic heterocycles. The van der Waals surface area contributed by atoms with Gasteiger partial charge in [0.05, 0.1) is 0 Å². The zero-order valence-corrected chi connectivity index (χ0v) is 35.9. The van der Waals surface area contributed by atoms with Crippen LogP contribution in [0, 0.1) is 0 Å². The molecule has 0 heterocycles. The van der Waals surface area contributed by atoms with Gasteiger partial charge in [-0.05, 0) is 83.5 Å². The van der Waals surface area contributed by atoms with Crippen molar-refractivity contribution in [2.24, 2.45) is 0 Å². The van der Waals surface area contributed by atoms with Gasteiger partial charge in [-0.15, -0.1) is 0 Å². The number of allylic oxidation sites excluding steroid dienone is 16. The van der Waals surface area contributed by atoms with Gasteiger partial charge in [-0.25, -0.2) is 0 Å². The zero-order chi connectivity index (χ0) is 40.8. The maximum atomic E-state index is 12.7. The highest BCUT2D eigenvalue weighted by atomic mass is 16.6. The highest BCUT2D eigenvalue weighted by molar-refractivity contribution is 5.71. The Kier molecular flexibility index (Phi) is 41.2. The molecule has 0 saturated carbocycles. The number of esters is 3. The van der Waals surface area contributed by atoms with Gasteiger partial charge in [-0.3, -0.25) is 14.4 Å². The van der Waals surface area contributed by atoms with Crippen LogP contribution in [0.3, 0.4) is 0 Å². The summed E-state index contributed by atoms with van der Waals surface area (Å²) >= 11 is 0. The molecular weight excluding hydrogens is 697 g/mol. The van der Waals surface area contributed by atoms with Gasteiger partial charge in [0.2, 0.25) is 0 Å². The molecule has 0 rings (SSSR count). The van der Waals surface area contributed by atoms with E-state index in [0.717, 1.165) is 77.0 Å². The summed E-state index contributed by atoms with van der Waals surface area (Å²) in [6.45, 7) is 6.33. The fraction of sp³-hybridized carbons (Fsp3) is 0.620. The highest BCUT2D eigenvalue weighted by Crippen LogP contribution is 2.12. The van der Waals surface area contributed by atoms with E-state index >= 15 is 0 Å². The number of rotatable bonds is 38. The van der Waals surface area contributed by atoms with Crippen LogP contribution in [0.2, 0.25) is 0 Å². The van der Waals surface area contributed by atoms with Crippen molar-refractivity contribution in [2.75, 3.05) is 13.2 Å². The van der Waals surface area contributed by atoms with Gasteiger partial charge >= 0.3 is 17.9 Å². The van der Waals surface area contributed by atoms with Gasteiger partial charge in [0.15, 0.2) is 6.10 Å². The number of hydrogen-bond donors (Lipinski definition) is 0. The second-order valence-electron chi connectivity index (χ2n) is 14.4. The average Bonchev–Trinajstić information content (AvgIpc) is 3.19. The second-order valence-corrected chi connectivity index (χ2v) is 14.4. The molecule has 0 aliphatic carbocycles. The molecule has 0 aliphatic rings. The Labute approximate surface area is 343 Å². The van der Waals surface area contributed by atoms with Crippen molar-refractivity contribution >= 4 is 17.9 Å². The predicted molar refractivity (Wildman–Crippen MR) is 237 cm³/mol. The van der Waals surface area contributed by atoms with E-state index in [0.29, 0.717) is 25.7 Å². The van der Waals surface area contributed by atoms with E-state index in [4.69, 9.17) is 14.2 Å². The molecular formula is C50H80O6. The third-order valence-electron chi connectivity index (χ3n) is 8.95. The molecule has 0 radical (unpaired) electrons. The molecule has 316 valence electrons. The fourth-order valence-corrected chi connectivity index (χ4v) is 5.59. The van der Waals surface area contributed by atoms with E-state index in [1.807, 2.05) is 60.8 Å². The molecule has 1 unspecified atom stereocenters. The predicted octanol–water partition coefficient (Wildman–Crippen LogP) is 14.2. The fourth-order valence-electron chi connectivity index (χ4n) is 5.59. The van der Waals surface area contributed by atoms with Crippen molar-refractivity contribution in [3.63, 3.8) is 0 Å². The van der Waals surface area contributed by atoms with Crippen LogP contribution in [0.4, 0.5) is 0 Å². The lowest BCUT2D eigenvalue weighted by atomic mass is 10.1. The minimum absolute atomic E-state index is 0.112. The Morgan fingerprint density at radius 3 is 1.27 bits per heavy atom. The Morgan fingerprint density at radius 2 is 0.732 bits per heavy atom. The first kappa shape index (κ1) is 52.3. The van der Waals surface area contributed by atoms with Gasteiger partial charge in [0.1, 0.15) is 13.2 Å². The minimum atomic E-state index is -0.809. The van der Waals surface area contributed by atoms with Crippen LogP contribution in [0.5, 0.6) is 0 Å². The Bertz CT molecular complexity index is 1170. The van der Waals surface area contributed by atoms with Gasteiger partial charge in [0, 0.05) is 19.3 Å². The van der Waals surface area contributed by atoms with Crippen molar-refractivity contribution in [1.82, 2.24) is 0 Å². The molecule has 0 saturated heterocycles. The van der Waals surface area contributed by atoms with Gasteiger partial charge in [-0.1, -0.05) is 176 Å². The maximum absolute atomic E-state index is 12.7. The van der Waals surface area contributed by atoms with Crippen LogP contribution in [0.1, 0.15) is 181 Å². The number of carbonyl (C=O) groups is 3. The molecule has 6 heteroatoms. The lowest BCUT2D eigenvalue weighted by molar-refractivity contribution is -0.167. The largest absolute Gasteiger partial charge is 0.462 e. The number of unbranched alkanes of at least 4 members (excludes halogenated alkanes) is 16. The molecule has 0 aromatic heterocycles. The van der Waals surface area contributed by atoms with Crippen molar-refractivity contribution in [3.8, 4) is 0 Å². The molecule has 0 N–H and O–H groups in total. The van der Waals surface area contributed by atoms with Crippen LogP contribution in [-0.4, -0.2) is 37.2 Å². The quantitative estimate of drug-likeness (QED) is 0.0204. The molecule has 0 aromatic carbocycles. The molecule has 56 heavy (non-hydrogen) atoms. The Morgan fingerprint density at radius 1 is 0.375 bits per heavy atom. The third-order valence-corrected chi connectivity index (χ3v) is 8.95. The summed E-state index contributed by atoms with van der Waals surface area (Å²) in [4.78, 5) is 37.6. The molecule has 0 aromatic rings. The summed E-state index contributed by atoms with van der Waals surface area (Å²) in [6, 6.07) is 0. The molecule has 1 atom stereocenters. The Hall–Kier alpha value is -3.67.